The summed E-state index contributed by atoms with van der Waals surface area (Å²) >= 11 is 6.26. The van der Waals surface area contributed by atoms with E-state index in [0.29, 0.717) is 22.9 Å². The van der Waals surface area contributed by atoms with Gasteiger partial charge in [-0.05, 0) is 24.6 Å². The first-order valence-corrected chi connectivity index (χ1v) is 7.17. The van der Waals surface area contributed by atoms with Gasteiger partial charge in [-0.25, -0.2) is 4.79 Å². The van der Waals surface area contributed by atoms with Crippen molar-refractivity contribution in [1.82, 2.24) is 10.2 Å². The first-order valence-electron chi connectivity index (χ1n) is 6.80. The normalized spacial score (nSPS) is 16.1. The molecule has 0 unspecified atom stereocenters. The first kappa shape index (κ1) is 15.1. The Labute approximate surface area is 124 Å². The number of esters is 1. The van der Waals surface area contributed by atoms with E-state index in [4.69, 9.17) is 22.1 Å². The number of hydrogen-bond donors (Lipinski definition) is 2. The number of halogens is 1. The fourth-order valence-electron chi connectivity index (χ4n) is 2.25. The predicted octanol–water partition coefficient (Wildman–Crippen LogP) is 1.50. The summed E-state index contributed by atoms with van der Waals surface area (Å²) in [5.41, 5.74) is 7.63. The van der Waals surface area contributed by atoms with Crippen molar-refractivity contribution in [3.63, 3.8) is 0 Å². The highest BCUT2D eigenvalue weighted by molar-refractivity contribution is 6.32. The average molecular weight is 298 g/mol. The molecule has 0 aliphatic carbocycles. The van der Waals surface area contributed by atoms with E-state index in [1.807, 2.05) is 0 Å². The van der Waals surface area contributed by atoms with Crippen molar-refractivity contribution in [2.45, 2.75) is 13.5 Å². The van der Waals surface area contributed by atoms with E-state index in [0.717, 1.165) is 38.3 Å². The molecule has 1 aliphatic rings. The third-order valence-electron chi connectivity index (χ3n) is 3.32. The van der Waals surface area contributed by atoms with Gasteiger partial charge in [0.05, 0.1) is 12.2 Å². The third kappa shape index (κ3) is 3.62. The Morgan fingerprint density at radius 2 is 2.15 bits per heavy atom. The summed E-state index contributed by atoms with van der Waals surface area (Å²) in [5, 5.41) is 3.86. The second kappa shape index (κ2) is 6.92. The summed E-state index contributed by atoms with van der Waals surface area (Å²) in [5.74, 6) is -0.430. The fraction of sp³-hybridized carbons (Fsp3) is 0.500. The van der Waals surface area contributed by atoms with Gasteiger partial charge in [-0.3, -0.25) is 4.90 Å². The van der Waals surface area contributed by atoms with Gasteiger partial charge in [-0.2, -0.15) is 0 Å². The Bertz CT molecular complexity index is 488. The number of anilines is 1. The highest BCUT2D eigenvalue weighted by atomic mass is 35.5. The second-order valence-electron chi connectivity index (χ2n) is 4.78. The first-order chi connectivity index (χ1) is 9.61. The number of carbonyl (C=O) groups excluding carboxylic acids is 1. The largest absolute Gasteiger partial charge is 0.462 e. The monoisotopic (exact) mass is 297 g/mol. The van der Waals surface area contributed by atoms with Crippen LogP contribution >= 0.6 is 11.6 Å². The molecular formula is C14H20ClN3O2. The third-order valence-corrected chi connectivity index (χ3v) is 3.67. The highest BCUT2D eigenvalue weighted by Crippen LogP contribution is 2.25. The van der Waals surface area contributed by atoms with Gasteiger partial charge in [0.2, 0.25) is 0 Å². The highest BCUT2D eigenvalue weighted by Gasteiger charge is 2.17. The second-order valence-corrected chi connectivity index (χ2v) is 5.18. The summed E-state index contributed by atoms with van der Waals surface area (Å²) in [6.07, 6.45) is 0. The molecule has 2 rings (SSSR count). The Balaban J connectivity index is 2.14. The zero-order valence-corrected chi connectivity index (χ0v) is 12.4. The smallest absolute Gasteiger partial charge is 0.340 e. The lowest BCUT2D eigenvalue weighted by Gasteiger charge is -2.27. The SMILES string of the molecule is CCOC(=O)c1cc(Cl)c(CN2CCNCC2)cc1N. The predicted molar refractivity (Wildman–Crippen MR) is 80.0 cm³/mol. The number of hydrogen-bond acceptors (Lipinski definition) is 5. The minimum atomic E-state index is -0.430. The molecule has 0 atom stereocenters. The molecule has 1 heterocycles. The number of piperazine rings is 1. The summed E-state index contributed by atoms with van der Waals surface area (Å²) in [7, 11) is 0. The van der Waals surface area contributed by atoms with Crippen molar-refractivity contribution in [3.8, 4) is 0 Å². The van der Waals surface area contributed by atoms with Gasteiger partial charge in [0, 0.05) is 43.4 Å². The molecule has 0 spiro atoms. The Hall–Kier alpha value is -1.30. The molecule has 20 heavy (non-hydrogen) atoms. The summed E-state index contributed by atoms with van der Waals surface area (Å²) in [6, 6.07) is 3.38. The Kier molecular flexibility index (Phi) is 5.23. The lowest BCUT2D eigenvalue weighted by atomic mass is 10.1. The molecule has 5 nitrogen and oxygen atoms in total. The molecule has 0 amide bonds. The van der Waals surface area contributed by atoms with E-state index in [1.54, 1.807) is 19.1 Å². The van der Waals surface area contributed by atoms with Crippen LogP contribution in [0, 0.1) is 0 Å². The van der Waals surface area contributed by atoms with Crippen LogP contribution in [0.3, 0.4) is 0 Å². The van der Waals surface area contributed by atoms with Gasteiger partial charge in [-0.1, -0.05) is 11.6 Å². The van der Waals surface area contributed by atoms with Crippen LogP contribution in [0.15, 0.2) is 12.1 Å². The van der Waals surface area contributed by atoms with Crippen LogP contribution in [-0.4, -0.2) is 43.7 Å². The van der Waals surface area contributed by atoms with E-state index < -0.39 is 5.97 Å². The van der Waals surface area contributed by atoms with E-state index >= 15 is 0 Å². The molecule has 0 saturated carbocycles. The number of benzene rings is 1. The lowest BCUT2D eigenvalue weighted by Crippen LogP contribution is -2.42. The number of carbonyl (C=O) groups is 1. The maximum atomic E-state index is 11.7. The quantitative estimate of drug-likeness (QED) is 0.651. The molecule has 1 aliphatic heterocycles. The molecule has 1 saturated heterocycles. The van der Waals surface area contributed by atoms with E-state index in [2.05, 4.69) is 10.2 Å². The molecule has 0 radical (unpaired) electrons. The molecule has 0 bridgehead atoms. The minimum absolute atomic E-state index is 0.318. The van der Waals surface area contributed by atoms with Crippen LogP contribution in [-0.2, 0) is 11.3 Å². The van der Waals surface area contributed by atoms with Gasteiger partial charge in [-0.15, -0.1) is 0 Å². The van der Waals surface area contributed by atoms with Gasteiger partial charge in [0.25, 0.3) is 0 Å². The number of nitrogens with zero attached hydrogens (tertiary/aromatic N) is 1. The van der Waals surface area contributed by atoms with Crippen molar-refractivity contribution in [2.75, 3.05) is 38.5 Å². The maximum Gasteiger partial charge on any atom is 0.340 e. The van der Waals surface area contributed by atoms with E-state index in [1.165, 1.54) is 0 Å². The number of nitrogens with one attached hydrogen (secondary N) is 1. The topological polar surface area (TPSA) is 67.6 Å². The molecule has 1 aromatic carbocycles. The minimum Gasteiger partial charge on any atom is -0.462 e. The summed E-state index contributed by atoms with van der Waals surface area (Å²) < 4.78 is 4.96. The standard InChI is InChI=1S/C14H20ClN3O2/c1-2-20-14(19)11-8-12(15)10(7-13(11)16)9-18-5-3-17-4-6-18/h7-8,17H,2-6,9,16H2,1H3. The van der Waals surface area contributed by atoms with Crippen molar-refractivity contribution >= 4 is 23.3 Å². The fourth-order valence-corrected chi connectivity index (χ4v) is 2.48. The zero-order chi connectivity index (χ0) is 14.5. The lowest BCUT2D eigenvalue weighted by molar-refractivity contribution is 0.0527. The van der Waals surface area contributed by atoms with Crippen LogP contribution in [0.25, 0.3) is 0 Å². The van der Waals surface area contributed by atoms with Crippen molar-refractivity contribution in [3.05, 3.63) is 28.3 Å². The molecule has 110 valence electrons. The van der Waals surface area contributed by atoms with Gasteiger partial charge >= 0.3 is 5.97 Å². The van der Waals surface area contributed by atoms with Gasteiger partial charge in [0.15, 0.2) is 0 Å². The van der Waals surface area contributed by atoms with E-state index in [9.17, 15) is 4.79 Å². The van der Waals surface area contributed by atoms with E-state index in [-0.39, 0.29) is 0 Å². The zero-order valence-electron chi connectivity index (χ0n) is 11.6. The number of nitrogen functional groups attached to an aromatic ring is 1. The van der Waals surface area contributed by atoms with Gasteiger partial charge < -0.3 is 15.8 Å². The maximum absolute atomic E-state index is 11.7. The summed E-state index contributed by atoms with van der Waals surface area (Å²) in [6.45, 7) is 6.74. The molecule has 3 N–H and O–H groups in total. The van der Waals surface area contributed by atoms with Crippen LogP contribution in [0.1, 0.15) is 22.8 Å². The molecular weight excluding hydrogens is 278 g/mol. The van der Waals surface area contributed by atoms with Crippen LogP contribution < -0.4 is 11.1 Å². The van der Waals surface area contributed by atoms with Crippen LogP contribution in [0.5, 0.6) is 0 Å². The van der Waals surface area contributed by atoms with Gasteiger partial charge in [0.1, 0.15) is 0 Å². The van der Waals surface area contributed by atoms with Crippen molar-refractivity contribution in [2.24, 2.45) is 0 Å². The molecule has 1 aromatic rings. The van der Waals surface area contributed by atoms with Crippen LogP contribution in [0.4, 0.5) is 5.69 Å². The van der Waals surface area contributed by atoms with Crippen molar-refractivity contribution in [1.29, 1.82) is 0 Å². The van der Waals surface area contributed by atoms with Crippen molar-refractivity contribution < 1.29 is 9.53 Å². The molecule has 1 fully saturated rings. The molecule has 0 aromatic heterocycles. The van der Waals surface area contributed by atoms with Crippen LogP contribution in [0.2, 0.25) is 5.02 Å². The average Bonchev–Trinajstić information content (AvgIpc) is 2.44. The number of nitrogens with two attached hydrogens (primary N) is 1. The summed E-state index contributed by atoms with van der Waals surface area (Å²) in [4.78, 5) is 14.0. The molecule has 6 heteroatoms. The Morgan fingerprint density at radius 3 is 2.80 bits per heavy atom. The number of ether oxygens (including phenoxy) is 1. The Morgan fingerprint density at radius 1 is 1.45 bits per heavy atom. The number of rotatable bonds is 4.